The topological polar surface area (TPSA) is 61.4 Å². The SMILES string of the molecule is CCN(CC(=O)NCC12CC3CC(CC(C3)C1)C2)CC(=O)NC(C)C. The minimum Gasteiger partial charge on any atom is -0.354 e. The molecule has 0 saturated heterocycles. The summed E-state index contributed by atoms with van der Waals surface area (Å²) in [5.74, 6) is 2.79. The van der Waals surface area contributed by atoms with Gasteiger partial charge in [-0.3, -0.25) is 14.5 Å². The van der Waals surface area contributed by atoms with E-state index in [1.807, 2.05) is 25.7 Å². The molecular formula is C20H35N3O2. The predicted molar refractivity (Wildman–Crippen MR) is 99.0 cm³/mol. The first kappa shape index (κ1) is 18.7. The largest absolute Gasteiger partial charge is 0.354 e. The predicted octanol–water partition coefficient (Wildman–Crippen LogP) is 2.17. The molecule has 4 fully saturated rings. The highest BCUT2D eigenvalue weighted by Crippen LogP contribution is 2.59. The third-order valence-electron chi connectivity index (χ3n) is 6.46. The van der Waals surface area contributed by atoms with Crippen molar-refractivity contribution >= 4 is 11.8 Å². The van der Waals surface area contributed by atoms with Gasteiger partial charge in [-0.15, -0.1) is 0 Å². The van der Waals surface area contributed by atoms with E-state index in [1.54, 1.807) is 0 Å². The van der Waals surface area contributed by atoms with Gasteiger partial charge in [-0.25, -0.2) is 0 Å². The van der Waals surface area contributed by atoms with Crippen molar-refractivity contribution in [2.75, 3.05) is 26.2 Å². The third-order valence-corrected chi connectivity index (χ3v) is 6.46. The summed E-state index contributed by atoms with van der Waals surface area (Å²) in [6, 6.07) is 0.135. The molecule has 5 heteroatoms. The van der Waals surface area contributed by atoms with Gasteiger partial charge >= 0.3 is 0 Å². The molecule has 5 nitrogen and oxygen atoms in total. The van der Waals surface area contributed by atoms with Crippen LogP contribution in [0.25, 0.3) is 0 Å². The third kappa shape index (κ3) is 4.75. The van der Waals surface area contributed by atoms with E-state index in [9.17, 15) is 9.59 Å². The van der Waals surface area contributed by atoms with Gasteiger partial charge < -0.3 is 10.6 Å². The maximum atomic E-state index is 12.4. The summed E-state index contributed by atoms with van der Waals surface area (Å²) in [5, 5.41) is 6.10. The van der Waals surface area contributed by atoms with Gasteiger partial charge in [0.2, 0.25) is 11.8 Å². The Morgan fingerprint density at radius 2 is 1.52 bits per heavy atom. The first-order valence-corrected chi connectivity index (χ1v) is 10.2. The van der Waals surface area contributed by atoms with Crippen LogP contribution in [0.15, 0.2) is 0 Å². The molecule has 0 aromatic carbocycles. The molecule has 2 N–H and O–H groups in total. The van der Waals surface area contributed by atoms with Crippen LogP contribution in [0, 0.1) is 23.2 Å². The Morgan fingerprint density at radius 1 is 1.00 bits per heavy atom. The lowest BCUT2D eigenvalue weighted by Gasteiger charge is -2.56. The summed E-state index contributed by atoms with van der Waals surface area (Å²) in [7, 11) is 0. The monoisotopic (exact) mass is 349 g/mol. The lowest BCUT2D eigenvalue weighted by molar-refractivity contribution is -0.126. The van der Waals surface area contributed by atoms with Crippen LogP contribution in [0.3, 0.4) is 0 Å². The first-order chi connectivity index (χ1) is 11.9. The van der Waals surface area contributed by atoms with E-state index in [-0.39, 0.29) is 17.9 Å². The standard InChI is InChI=1S/C20H35N3O2/c1-4-23(12-19(25)22-14(2)3)11-18(24)21-13-20-8-15-5-16(9-20)7-17(6-15)10-20/h14-17H,4-13H2,1-3H3,(H,21,24)(H,22,25). The molecule has 25 heavy (non-hydrogen) atoms. The molecule has 4 aliphatic rings. The van der Waals surface area contributed by atoms with Crippen molar-refractivity contribution in [1.82, 2.24) is 15.5 Å². The summed E-state index contributed by atoms with van der Waals surface area (Å²) in [4.78, 5) is 26.2. The second-order valence-electron chi connectivity index (χ2n) is 9.22. The van der Waals surface area contributed by atoms with E-state index < -0.39 is 0 Å². The van der Waals surface area contributed by atoms with E-state index in [1.165, 1.54) is 38.5 Å². The van der Waals surface area contributed by atoms with Gasteiger partial charge in [-0.1, -0.05) is 6.92 Å². The van der Waals surface area contributed by atoms with E-state index >= 15 is 0 Å². The summed E-state index contributed by atoms with van der Waals surface area (Å²) < 4.78 is 0. The molecular weight excluding hydrogens is 314 g/mol. The second-order valence-corrected chi connectivity index (χ2v) is 9.22. The Bertz CT molecular complexity index is 468. The van der Waals surface area contributed by atoms with E-state index in [2.05, 4.69) is 10.6 Å². The Labute approximate surface area is 152 Å². The lowest BCUT2D eigenvalue weighted by atomic mass is 9.49. The van der Waals surface area contributed by atoms with Crippen molar-refractivity contribution in [3.8, 4) is 0 Å². The second kappa shape index (κ2) is 7.65. The van der Waals surface area contributed by atoms with Gasteiger partial charge in [0.05, 0.1) is 13.1 Å². The highest BCUT2D eigenvalue weighted by Gasteiger charge is 2.50. The zero-order valence-electron chi connectivity index (χ0n) is 16.1. The molecule has 4 aliphatic carbocycles. The van der Waals surface area contributed by atoms with Gasteiger partial charge in [-0.2, -0.15) is 0 Å². The van der Waals surface area contributed by atoms with Crippen LogP contribution in [-0.2, 0) is 9.59 Å². The Morgan fingerprint density at radius 3 is 2.00 bits per heavy atom. The molecule has 0 spiro atoms. The van der Waals surface area contributed by atoms with Crippen LogP contribution in [0.5, 0.6) is 0 Å². The number of nitrogens with zero attached hydrogens (tertiary/aromatic N) is 1. The van der Waals surface area contributed by atoms with Crippen molar-refractivity contribution in [1.29, 1.82) is 0 Å². The first-order valence-electron chi connectivity index (χ1n) is 10.2. The number of amides is 2. The average molecular weight is 350 g/mol. The summed E-state index contributed by atoms with van der Waals surface area (Å²) in [6.07, 6.45) is 8.24. The number of carbonyl (C=O) groups is 2. The maximum Gasteiger partial charge on any atom is 0.234 e. The smallest absolute Gasteiger partial charge is 0.234 e. The average Bonchev–Trinajstić information content (AvgIpc) is 2.50. The molecule has 0 atom stereocenters. The van der Waals surface area contributed by atoms with Gasteiger partial charge in [0.15, 0.2) is 0 Å². The Kier molecular flexibility index (Phi) is 5.71. The lowest BCUT2D eigenvalue weighted by Crippen LogP contribution is -2.52. The minimum atomic E-state index is -0.00858. The highest BCUT2D eigenvalue weighted by molar-refractivity contribution is 5.81. The number of nitrogens with one attached hydrogen (secondary N) is 2. The molecule has 0 aromatic heterocycles. The Balaban J connectivity index is 1.45. The zero-order valence-corrected chi connectivity index (χ0v) is 16.1. The number of hydrogen-bond donors (Lipinski definition) is 2. The van der Waals surface area contributed by atoms with Gasteiger partial charge in [0, 0.05) is 12.6 Å². The van der Waals surface area contributed by atoms with Gasteiger partial charge in [0.1, 0.15) is 0 Å². The van der Waals surface area contributed by atoms with Crippen molar-refractivity contribution in [3.63, 3.8) is 0 Å². The molecule has 0 unspecified atom stereocenters. The molecule has 2 amide bonds. The fourth-order valence-electron chi connectivity index (χ4n) is 5.90. The fourth-order valence-corrected chi connectivity index (χ4v) is 5.90. The molecule has 0 radical (unpaired) electrons. The number of carbonyl (C=O) groups excluding carboxylic acids is 2. The Hall–Kier alpha value is -1.10. The van der Waals surface area contributed by atoms with Crippen molar-refractivity contribution in [2.45, 2.75) is 65.3 Å². The summed E-state index contributed by atoms with van der Waals surface area (Å²) >= 11 is 0. The summed E-state index contributed by atoms with van der Waals surface area (Å²) in [5.41, 5.74) is 0.372. The zero-order chi connectivity index (χ0) is 18.0. The number of hydrogen-bond acceptors (Lipinski definition) is 3. The van der Waals surface area contributed by atoms with Crippen LogP contribution >= 0.6 is 0 Å². The quantitative estimate of drug-likeness (QED) is 0.706. The molecule has 4 saturated carbocycles. The van der Waals surface area contributed by atoms with Crippen LogP contribution in [0.2, 0.25) is 0 Å². The van der Waals surface area contributed by atoms with Crippen molar-refractivity contribution in [2.24, 2.45) is 23.2 Å². The number of rotatable bonds is 8. The van der Waals surface area contributed by atoms with Crippen LogP contribution < -0.4 is 10.6 Å². The van der Waals surface area contributed by atoms with Crippen LogP contribution in [0.4, 0.5) is 0 Å². The van der Waals surface area contributed by atoms with Crippen molar-refractivity contribution in [3.05, 3.63) is 0 Å². The fraction of sp³-hybridized carbons (Fsp3) is 0.900. The van der Waals surface area contributed by atoms with Gasteiger partial charge in [0.25, 0.3) is 0 Å². The highest BCUT2D eigenvalue weighted by atomic mass is 16.2. The summed E-state index contributed by atoms with van der Waals surface area (Å²) in [6.45, 7) is 8.04. The molecule has 142 valence electrons. The normalized spacial score (nSPS) is 33.1. The molecule has 0 aliphatic heterocycles. The molecule has 4 rings (SSSR count). The van der Waals surface area contributed by atoms with Crippen molar-refractivity contribution < 1.29 is 9.59 Å². The molecule has 4 bridgehead atoms. The number of likely N-dealkylation sites (N-methyl/N-ethyl adjacent to an activating group) is 1. The van der Waals surface area contributed by atoms with E-state index in [0.717, 1.165) is 24.3 Å². The molecule has 0 heterocycles. The van der Waals surface area contributed by atoms with E-state index in [4.69, 9.17) is 0 Å². The minimum absolute atomic E-state index is 0.00858. The van der Waals surface area contributed by atoms with E-state index in [0.29, 0.717) is 25.0 Å². The van der Waals surface area contributed by atoms with Crippen LogP contribution in [0.1, 0.15) is 59.3 Å². The molecule has 0 aromatic rings. The van der Waals surface area contributed by atoms with Gasteiger partial charge in [-0.05, 0) is 82.1 Å². The maximum absolute atomic E-state index is 12.4. The van der Waals surface area contributed by atoms with Crippen LogP contribution in [-0.4, -0.2) is 48.9 Å².